The van der Waals surface area contributed by atoms with E-state index in [4.69, 9.17) is 11.6 Å². The molecule has 0 fully saturated rings. The molecule has 0 aromatic heterocycles. The van der Waals surface area contributed by atoms with Gasteiger partial charge in [0, 0.05) is 24.0 Å². The third kappa shape index (κ3) is 4.95. The van der Waals surface area contributed by atoms with Gasteiger partial charge in [-0.25, -0.2) is 4.39 Å². The second-order valence-electron chi connectivity index (χ2n) is 4.45. The maximum Gasteiger partial charge on any atom is 0.127 e. The fourth-order valence-corrected chi connectivity index (χ4v) is 2.07. The van der Waals surface area contributed by atoms with Crippen molar-refractivity contribution in [2.45, 2.75) is 32.2 Å². The summed E-state index contributed by atoms with van der Waals surface area (Å²) >= 11 is 6.13. The topological polar surface area (TPSA) is 12.0 Å². The van der Waals surface area contributed by atoms with Crippen molar-refractivity contribution in [3.63, 3.8) is 0 Å². The number of benzene rings is 1. The molecule has 0 amide bonds. The Labute approximate surface area is 102 Å². The molecule has 0 radical (unpaired) electrons. The molecule has 0 heterocycles. The van der Waals surface area contributed by atoms with Gasteiger partial charge in [-0.3, -0.25) is 0 Å². The molecule has 0 spiro atoms. The lowest BCUT2D eigenvalue weighted by Crippen LogP contribution is -2.24. The molecule has 0 bridgehead atoms. The zero-order valence-electron chi connectivity index (χ0n) is 9.84. The molecule has 1 aromatic carbocycles. The lowest BCUT2D eigenvalue weighted by molar-refractivity contribution is 0.526. The van der Waals surface area contributed by atoms with Crippen molar-refractivity contribution in [3.8, 4) is 0 Å². The van der Waals surface area contributed by atoms with Crippen LogP contribution in [0.4, 0.5) is 4.39 Å². The zero-order chi connectivity index (χ0) is 12.0. The van der Waals surface area contributed by atoms with Gasteiger partial charge < -0.3 is 5.32 Å². The van der Waals surface area contributed by atoms with Crippen molar-refractivity contribution in [1.82, 2.24) is 5.32 Å². The van der Waals surface area contributed by atoms with E-state index in [1.165, 1.54) is 6.07 Å². The van der Waals surface area contributed by atoms with E-state index in [2.05, 4.69) is 19.2 Å². The molecule has 3 heteroatoms. The van der Waals surface area contributed by atoms with Crippen LogP contribution in [0.1, 0.15) is 25.8 Å². The molecule has 1 aromatic rings. The van der Waals surface area contributed by atoms with Gasteiger partial charge in [0.1, 0.15) is 5.82 Å². The largest absolute Gasteiger partial charge is 0.311 e. The first kappa shape index (κ1) is 13.5. The van der Waals surface area contributed by atoms with Gasteiger partial charge >= 0.3 is 0 Å². The van der Waals surface area contributed by atoms with E-state index in [1.807, 2.05) is 6.07 Å². The monoisotopic (exact) mass is 243 g/mol. The second kappa shape index (κ2) is 6.87. The van der Waals surface area contributed by atoms with Gasteiger partial charge in [-0.2, -0.15) is 0 Å². The van der Waals surface area contributed by atoms with Gasteiger partial charge in [0.25, 0.3) is 0 Å². The third-order valence-corrected chi connectivity index (χ3v) is 2.70. The van der Waals surface area contributed by atoms with E-state index >= 15 is 0 Å². The molecular weight excluding hydrogens is 225 g/mol. The normalized spacial score (nSPS) is 13.1. The van der Waals surface area contributed by atoms with Crippen LogP contribution in [-0.2, 0) is 6.54 Å². The summed E-state index contributed by atoms with van der Waals surface area (Å²) in [7, 11) is 0. The minimum atomic E-state index is -0.162. The van der Waals surface area contributed by atoms with Crippen molar-refractivity contribution < 1.29 is 4.39 Å². The van der Waals surface area contributed by atoms with Crippen LogP contribution in [0.2, 0.25) is 0 Å². The van der Waals surface area contributed by atoms with Crippen molar-refractivity contribution in [2.24, 2.45) is 5.92 Å². The van der Waals surface area contributed by atoms with Gasteiger partial charge in [-0.15, -0.1) is 11.6 Å². The van der Waals surface area contributed by atoms with Crippen LogP contribution < -0.4 is 5.32 Å². The summed E-state index contributed by atoms with van der Waals surface area (Å²) in [6, 6.07) is 6.80. The Morgan fingerprint density at radius 3 is 2.62 bits per heavy atom. The Bertz CT molecular complexity index is 315. The lowest BCUT2D eigenvalue weighted by Gasteiger charge is -2.13. The van der Waals surface area contributed by atoms with Gasteiger partial charge in [0.05, 0.1) is 0 Å². The van der Waals surface area contributed by atoms with Gasteiger partial charge in [-0.05, 0) is 18.4 Å². The fraction of sp³-hybridized carbons (Fsp3) is 0.538. The average Bonchev–Trinajstić information content (AvgIpc) is 2.19. The van der Waals surface area contributed by atoms with Crippen molar-refractivity contribution in [2.75, 3.05) is 6.54 Å². The van der Waals surface area contributed by atoms with Crippen molar-refractivity contribution in [3.05, 3.63) is 35.6 Å². The molecule has 1 unspecified atom stereocenters. The van der Waals surface area contributed by atoms with E-state index in [1.54, 1.807) is 12.1 Å². The van der Waals surface area contributed by atoms with E-state index in [0.717, 1.165) is 6.42 Å². The molecular formula is C13H19ClFN. The van der Waals surface area contributed by atoms with Crippen LogP contribution in [-0.4, -0.2) is 11.9 Å². The Morgan fingerprint density at radius 1 is 1.31 bits per heavy atom. The minimum absolute atomic E-state index is 0.117. The molecule has 0 aliphatic rings. The molecule has 0 saturated heterocycles. The summed E-state index contributed by atoms with van der Waals surface area (Å²) in [5.41, 5.74) is 0.691. The number of hydrogen-bond donors (Lipinski definition) is 1. The Hall–Kier alpha value is -0.600. The standard InChI is InChI=1S/C13H19ClFN/c1-10(2)7-12(14)9-16-8-11-5-3-4-6-13(11)15/h3-6,10,12,16H,7-9H2,1-2H3. The molecule has 1 nitrogen and oxygen atoms in total. The van der Waals surface area contributed by atoms with E-state index in [0.29, 0.717) is 24.6 Å². The summed E-state index contributed by atoms with van der Waals surface area (Å²) in [5.74, 6) is 0.433. The van der Waals surface area contributed by atoms with Gasteiger partial charge in [0.2, 0.25) is 0 Å². The lowest BCUT2D eigenvalue weighted by atomic mass is 10.1. The first-order chi connectivity index (χ1) is 7.59. The van der Waals surface area contributed by atoms with Crippen LogP contribution >= 0.6 is 11.6 Å². The number of nitrogens with one attached hydrogen (secondary N) is 1. The highest BCUT2D eigenvalue weighted by Gasteiger charge is 2.07. The predicted octanol–water partition coefficient (Wildman–Crippen LogP) is 3.57. The molecule has 0 aliphatic heterocycles. The number of hydrogen-bond acceptors (Lipinski definition) is 1. The quantitative estimate of drug-likeness (QED) is 0.754. The zero-order valence-corrected chi connectivity index (χ0v) is 10.6. The molecule has 0 saturated carbocycles. The SMILES string of the molecule is CC(C)CC(Cl)CNCc1ccccc1F. The first-order valence-electron chi connectivity index (χ1n) is 5.67. The van der Waals surface area contributed by atoms with Crippen LogP contribution in [0, 0.1) is 11.7 Å². The molecule has 0 aliphatic carbocycles. The Kier molecular flexibility index (Phi) is 5.78. The van der Waals surface area contributed by atoms with Crippen molar-refractivity contribution in [1.29, 1.82) is 0 Å². The maximum absolute atomic E-state index is 13.3. The summed E-state index contributed by atoms with van der Waals surface area (Å²) in [6.45, 7) is 5.54. The van der Waals surface area contributed by atoms with Crippen LogP contribution in [0.15, 0.2) is 24.3 Å². The Morgan fingerprint density at radius 2 is 2.00 bits per heavy atom. The molecule has 1 rings (SSSR count). The maximum atomic E-state index is 13.3. The number of alkyl halides is 1. The molecule has 16 heavy (non-hydrogen) atoms. The van der Waals surface area contributed by atoms with Crippen LogP contribution in [0.25, 0.3) is 0 Å². The molecule has 1 N–H and O–H groups in total. The van der Waals surface area contributed by atoms with E-state index in [-0.39, 0.29) is 11.2 Å². The predicted molar refractivity (Wildman–Crippen MR) is 67.2 cm³/mol. The molecule has 90 valence electrons. The minimum Gasteiger partial charge on any atom is -0.311 e. The van der Waals surface area contributed by atoms with Gasteiger partial charge in [0.15, 0.2) is 0 Å². The van der Waals surface area contributed by atoms with Crippen LogP contribution in [0.5, 0.6) is 0 Å². The van der Waals surface area contributed by atoms with Crippen LogP contribution in [0.3, 0.4) is 0 Å². The second-order valence-corrected chi connectivity index (χ2v) is 5.07. The summed E-state index contributed by atoms with van der Waals surface area (Å²) in [4.78, 5) is 0. The highest BCUT2D eigenvalue weighted by Crippen LogP contribution is 2.10. The average molecular weight is 244 g/mol. The number of halogens is 2. The van der Waals surface area contributed by atoms with E-state index in [9.17, 15) is 4.39 Å². The Balaban J connectivity index is 2.28. The summed E-state index contributed by atoms with van der Waals surface area (Å²) in [5, 5.41) is 3.29. The summed E-state index contributed by atoms with van der Waals surface area (Å²) in [6.07, 6.45) is 0.978. The van der Waals surface area contributed by atoms with Gasteiger partial charge in [-0.1, -0.05) is 32.0 Å². The highest BCUT2D eigenvalue weighted by molar-refractivity contribution is 6.20. The van der Waals surface area contributed by atoms with Crippen molar-refractivity contribution >= 4 is 11.6 Å². The third-order valence-electron chi connectivity index (χ3n) is 2.37. The summed E-state index contributed by atoms with van der Waals surface area (Å²) < 4.78 is 13.3. The smallest absolute Gasteiger partial charge is 0.127 e. The van der Waals surface area contributed by atoms with E-state index < -0.39 is 0 Å². The number of rotatable bonds is 6. The molecule has 1 atom stereocenters. The first-order valence-corrected chi connectivity index (χ1v) is 6.11. The highest BCUT2D eigenvalue weighted by atomic mass is 35.5. The fourth-order valence-electron chi connectivity index (χ4n) is 1.60.